The second kappa shape index (κ2) is 5.83. The van der Waals surface area contributed by atoms with Crippen molar-refractivity contribution in [1.82, 2.24) is 29.6 Å². The van der Waals surface area contributed by atoms with E-state index >= 15 is 0 Å². The van der Waals surface area contributed by atoms with E-state index < -0.39 is 0 Å². The summed E-state index contributed by atoms with van der Waals surface area (Å²) >= 11 is 0. The molecule has 7 heteroatoms. The molecule has 0 bridgehead atoms. The first-order chi connectivity index (χ1) is 11.0. The second-order valence-corrected chi connectivity index (χ2v) is 5.96. The number of rotatable bonds is 4. The van der Waals surface area contributed by atoms with Crippen LogP contribution in [0.1, 0.15) is 41.9 Å². The number of fused-ring (bicyclic) bond motifs is 1. The Bertz CT molecular complexity index is 847. The Labute approximate surface area is 134 Å². The molecule has 120 valence electrons. The summed E-state index contributed by atoms with van der Waals surface area (Å²) in [5.41, 5.74) is 2.35. The average Bonchev–Trinajstić information content (AvgIpc) is 3.10. The van der Waals surface area contributed by atoms with Gasteiger partial charge in [0.15, 0.2) is 5.82 Å². The maximum Gasteiger partial charge on any atom is 0.254 e. The predicted molar refractivity (Wildman–Crippen MR) is 87.0 cm³/mol. The van der Waals surface area contributed by atoms with Crippen LogP contribution in [0.15, 0.2) is 24.5 Å². The van der Waals surface area contributed by atoms with Crippen LogP contribution in [0.5, 0.6) is 0 Å². The summed E-state index contributed by atoms with van der Waals surface area (Å²) < 4.78 is 1.96. The Kier molecular flexibility index (Phi) is 3.85. The van der Waals surface area contributed by atoms with Crippen molar-refractivity contribution in [1.29, 1.82) is 0 Å². The Morgan fingerprint density at radius 1 is 1.39 bits per heavy atom. The van der Waals surface area contributed by atoms with Crippen molar-refractivity contribution in [3.05, 3.63) is 41.7 Å². The SMILES string of the molecule is Cc1nc2ccc(C(=O)N(C)Cc3nncn3C(C)C)cc2[nH]1. The Morgan fingerprint density at radius 3 is 2.91 bits per heavy atom. The molecule has 0 unspecified atom stereocenters. The van der Waals surface area contributed by atoms with Crippen LogP contribution in [0.3, 0.4) is 0 Å². The molecule has 0 saturated carbocycles. The molecule has 0 aliphatic carbocycles. The highest BCUT2D eigenvalue weighted by atomic mass is 16.2. The van der Waals surface area contributed by atoms with Crippen LogP contribution in [0.25, 0.3) is 11.0 Å². The average molecular weight is 312 g/mol. The van der Waals surface area contributed by atoms with Gasteiger partial charge in [-0.05, 0) is 39.0 Å². The maximum atomic E-state index is 12.6. The minimum atomic E-state index is -0.0579. The van der Waals surface area contributed by atoms with Gasteiger partial charge in [0.05, 0.1) is 17.6 Å². The first-order valence-electron chi connectivity index (χ1n) is 7.56. The standard InChI is InChI=1S/C16H20N6O/c1-10(2)22-9-17-20-15(22)8-21(4)16(23)12-5-6-13-14(7-12)19-11(3)18-13/h5-7,9-10H,8H2,1-4H3,(H,18,19). The van der Waals surface area contributed by atoms with Gasteiger partial charge in [-0.1, -0.05) is 0 Å². The molecule has 0 aliphatic rings. The van der Waals surface area contributed by atoms with Crippen molar-refractivity contribution in [2.24, 2.45) is 0 Å². The van der Waals surface area contributed by atoms with E-state index in [1.165, 1.54) is 0 Å². The van der Waals surface area contributed by atoms with Crippen LogP contribution in [-0.2, 0) is 6.54 Å². The van der Waals surface area contributed by atoms with Gasteiger partial charge < -0.3 is 14.5 Å². The Morgan fingerprint density at radius 2 is 2.17 bits per heavy atom. The Balaban J connectivity index is 1.81. The van der Waals surface area contributed by atoms with E-state index in [-0.39, 0.29) is 11.9 Å². The van der Waals surface area contributed by atoms with Crippen LogP contribution in [0.2, 0.25) is 0 Å². The fourth-order valence-electron chi connectivity index (χ4n) is 2.59. The number of H-pyrrole nitrogens is 1. The lowest BCUT2D eigenvalue weighted by Gasteiger charge is -2.18. The second-order valence-electron chi connectivity index (χ2n) is 5.96. The normalized spacial score (nSPS) is 11.3. The number of benzene rings is 1. The fraction of sp³-hybridized carbons (Fsp3) is 0.375. The van der Waals surface area contributed by atoms with Crippen LogP contribution in [0, 0.1) is 6.92 Å². The van der Waals surface area contributed by atoms with Crippen LogP contribution in [0.4, 0.5) is 0 Å². The number of carbonyl (C=O) groups is 1. The molecule has 0 atom stereocenters. The van der Waals surface area contributed by atoms with Crippen LogP contribution in [-0.4, -0.2) is 42.6 Å². The maximum absolute atomic E-state index is 12.6. The predicted octanol–water partition coefficient (Wildman–Crippen LogP) is 2.32. The molecular formula is C16H20N6O. The number of nitrogens with zero attached hydrogens (tertiary/aromatic N) is 5. The smallest absolute Gasteiger partial charge is 0.254 e. The van der Waals surface area contributed by atoms with Crippen molar-refractivity contribution in [3.63, 3.8) is 0 Å². The molecule has 3 aromatic rings. The Hall–Kier alpha value is -2.70. The third kappa shape index (κ3) is 2.94. The molecule has 0 spiro atoms. The lowest BCUT2D eigenvalue weighted by molar-refractivity contribution is 0.0779. The van der Waals surface area contributed by atoms with Gasteiger partial charge in [0.1, 0.15) is 12.2 Å². The highest BCUT2D eigenvalue weighted by Gasteiger charge is 2.16. The first-order valence-corrected chi connectivity index (χ1v) is 7.56. The van der Waals surface area contributed by atoms with E-state index in [9.17, 15) is 4.79 Å². The largest absolute Gasteiger partial charge is 0.342 e. The summed E-state index contributed by atoms with van der Waals surface area (Å²) in [6.07, 6.45) is 1.69. The summed E-state index contributed by atoms with van der Waals surface area (Å²) in [4.78, 5) is 21.8. The molecule has 0 aliphatic heterocycles. The van der Waals surface area contributed by atoms with E-state index in [0.29, 0.717) is 12.1 Å². The van der Waals surface area contributed by atoms with Gasteiger partial charge in [-0.25, -0.2) is 4.98 Å². The summed E-state index contributed by atoms with van der Waals surface area (Å²) in [5, 5.41) is 8.04. The van der Waals surface area contributed by atoms with Crippen molar-refractivity contribution < 1.29 is 4.79 Å². The monoisotopic (exact) mass is 312 g/mol. The number of nitrogens with one attached hydrogen (secondary N) is 1. The third-order valence-corrected chi connectivity index (χ3v) is 3.78. The number of amides is 1. The van der Waals surface area contributed by atoms with E-state index in [1.807, 2.05) is 23.6 Å². The number of hydrogen-bond acceptors (Lipinski definition) is 4. The molecule has 0 saturated heterocycles. The van der Waals surface area contributed by atoms with Gasteiger partial charge in [0.25, 0.3) is 5.91 Å². The molecular weight excluding hydrogens is 292 g/mol. The summed E-state index contributed by atoms with van der Waals surface area (Å²) in [7, 11) is 1.77. The van der Waals surface area contributed by atoms with Gasteiger partial charge >= 0.3 is 0 Å². The number of aromatic nitrogens is 5. The van der Waals surface area contributed by atoms with Crippen molar-refractivity contribution >= 4 is 16.9 Å². The number of hydrogen-bond donors (Lipinski definition) is 1. The summed E-state index contributed by atoms with van der Waals surface area (Å²) in [6, 6.07) is 5.75. The molecule has 0 radical (unpaired) electrons. The third-order valence-electron chi connectivity index (χ3n) is 3.78. The first kappa shape index (κ1) is 15.2. The molecule has 1 N–H and O–H groups in total. The van der Waals surface area contributed by atoms with Gasteiger partial charge in [-0.2, -0.15) is 0 Å². The van der Waals surface area contributed by atoms with Crippen molar-refractivity contribution in [2.45, 2.75) is 33.4 Å². The van der Waals surface area contributed by atoms with E-state index in [0.717, 1.165) is 22.7 Å². The van der Waals surface area contributed by atoms with Crippen LogP contribution < -0.4 is 0 Å². The molecule has 0 fully saturated rings. The molecule has 7 nitrogen and oxygen atoms in total. The zero-order chi connectivity index (χ0) is 16.6. The zero-order valence-corrected chi connectivity index (χ0v) is 13.7. The van der Waals surface area contributed by atoms with Gasteiger partial charge in [0.2, 0.25) is 0 Å². The van der Waals surface area contributed by atoms with Gasteiger partial charge in [-0.3, -0.25) is 4.79 Å². The highest BCUT2D eigenvalue weighted by Crippen LogP contribution is 2.16. The molecule has 1 amide bonds. The molecule has 2 heterocycles. The topological polar surface area (TPSA) is 79.7 Å². The van der Waals surface area contributed by atoms with Crippen molar-refractivity contribution in [3.8, 4) is 0 Å². The number of carbonyl (C=O) groups excluding carboxylic acids is 1. The number of aromatic amines is 1. The van der Waals surface area contributed by atoms with Gasteiger partial charge in [-0.15, -0.1) is 10.2 Å². The lowest BCUT2D eigenvalue weighted by atomic mass is 10.2. The van der Waals surface area contributed by atoms with Gasteiger partial charge in [0, 0.05) is 18.7 Å². The van der Waals surface area contributed by atoms with E-state index in [1.54, 1.807) is 24.3 Å². The highest BCUT2D eigenvalue weighted by molar-refractivity contribution is 5.97. The zero-order valence-electron chi connectivity index (χ0n) is 13.7. The number of aryl methyl sites for hydroxylation is 1. The number of imidazole rings is 1. The van der Waals surface area contributed by atoms with E-state index in [2.05, 4.69) is 34.0 Å². The minimum absolute atomic E-state index is 0.0579. The molecule has 2 aromatic heterocycles. The minimum Gasteiger partial charge on any atom is -0.342 e. The van der Waals surface area contributed by atoms with E-state index in [4.69, 9.17) is 0 Å². The lowest BCUT2D eigenvalue weighted by Crippen LogP contribution is -2.28. The molecule has 1 aromatic carbocycles. The molecule has 3 rings (SSSR count). The summed E-state index contributed by atoms with van der Waals surface area (Å²) in [5.74, 6) is 1.55. The molecule has 23 heavy (non-hydrogen) atoms. The quantitative estimate of drug-likeness (QED) is 0.801. The summed E-state index contributed by atoms with van der Waals surface area (Å²) in [6.45, 7) is 6.43. The fourth-order valence-corrected chi connectivity index (χ4v) is 2.59. The van der Waals surface area contributed by atoms with Crippen LogP contribution >= 0.6 is 0 Å². The van der Waals surface area contributed by atoms with Crippen molar-refractivity contribution in [2.75, 3.05) is 7.05 Å².